The lowest BCUT2D eigenvalue weighted by atomic mass is 9.98. The normalized spacial score (nSPS) is 15.9. The summed E-state index contributed by atoms with van der Waals surface area (Å²) < 4.78 is 2.11. The van der Waals surface area contributed by atoms with E-state index in [1.165, 1.54) is 16.7 Å². The van der Waals surface area contributed by atoms with Crippen molar-refractivity contribution in [2.75, 3.05) is 0 Å². The lowest BCUT2D eigenvalue weighted by molar-refractivity contribution is 0.971. The van der Waals surface area contributed by atoms with Gasteiger partial charge in [-0.25, -0.2) is 4.98 Å². The van der Waals surface area contributed by atoms with Crippen LogP contribution in [0.2, 0.25) is 0 Å². The second kappa shape index (κ2) is 3.88. The van der Waals surface area contributed by atoms with Crippen molar-refractivity contribution in [2.45, 2.75) is 26.7 Å². The molecule has 2 aromatic heterocycles. The molecule has 17 heavy (non-hydrogen) atoms. The number of hydrogen-bond donors (Lipinski definition) is 0. The van der Waals surface area contributed by atoms with Gasteiger partial charge in [-0.2, -0.15) is 0 Å². The van der Waals surface area contributed by atoms with Gasteiger partial charge in [-0.15, -0.1) is 0 Å². The topological polar surface area (TPSA) is 17.3 Å². The number of rotatable bonds is 1. The average Bonchev–Trinajstić information content (AvgIpc) is 2.75. The zero-order valence-electron chi connectivity index (χ0n) is 10.3. The first kappa shape index (κ1) is 10.3. The van der Waals surface area contributed by atoms with E-state index in [0.29, 0.717) is 0 Å². The maximum Gasteiger partial charge on any atom is 0.140 e. The van der Waals surface area contributed by atoms with Crippen molar-refractivity contribution in [3.8, 4) is 0 Å². The van der Waals surface area contributed by atoms with Crippen LogP contribution in [0.4, 0.5) is 0 Å². The number of aryl methyl sites for hydroxylation is 1. The van der Waals surface area contributed by atoms with Gasteiger partial charge in [0.25, 0.3) is 0 Å². The van der Waals surface area contributed by atoms with Gasteiger partial charge < -0.3 is 4.40 Å². The Bertz CT molecular complexity index is 629. The summed E-state index contributed by atoms with van der Waals surface area (Å²) in [5.41, 5.74) is 6.20. The second-order valence-electron chi connectivity index (χ2n) is 4.75. The van der Waals surface area contributed by atoms with Crippen LogP contribution in [0.1, 0.15) is 31.0 Å². The summed E-state index contributed by atoms with van der Waals surface area (Å²) in [7, 11) is 0. The first-order valence-electron chi connectivity index (χ1n) is 6.05. The highest BCUT2D eigenvalue weighted by atomic mass is 15.0. The third kappa shape index (κ3) is 1.80. The Morgan fingerprint density at radius 1 is 1.18 bits per heavy atom. The molecule has 0 unspecified atom stereocenters. The first-order valence-corrected chi connectivity index (χ1v) is 6.05. The minimum Gasteiger partial charge on any atom is -0.306 e. The van der Waals surface area contributed by atoms with E-state index in [2.05, 4.69) is 54.9 Å². The highest BCUT2D eigenvalue weighted by Crippen LogP contribution is 2.26. The zero-order chi connectivity index (χ0) is 11.8. The maximum absolute atomic E-state index is 4.73. The van der Waals surface area contributed by atoms with Gasteiger partial charge in [-0.3, -0.25) is 0 Å². The number of aromatic nitrogens is 2. The molecule has 0 saturated carbocycles. The Morgan fingerprint density at radius 2 is 2.06 bits per heavy atom. The first-order chi connectivity index (χ1) is 8.24. The van der Waals surface area contributed by atoms with Gasteiger partial charge >= 0.3 is 0 Å². The van der Waals surface area contributed by atoms with Gasteiger partial charge in [0, 0.05) is 12.4 Å². The molecule has 3 rings (SSSR count). The van der Waals surface area contributed by atoms with Gasteiger partial charge in [0.05, 0.1) is 5.69 Å². The van der Waals surface area contributed by atoms with E-state index in [1.807, 2.05) is 0 Å². The smallest absolute Gasteiger partial charge is 0.140 e. The van der Waals surface area contributed by atoms with E-state index in [0.717, 1.165) is 24.2 Å². The Balaban J connectivity index is 2.10. The summed E-state index contributed by atoms with van der Waals surface area (Å²) in [6, 6.07) is 4.17. The molecule has 0 aliphatic heterocycles. The molecule has 0 spiro atoms. The van der Waals surface area contributed by atoms with Gasteiger partial charge in [0.1, 0.15) is 5.65 Å². The van der Waals surface area contributed by atoms with E-state index >= 15 is 0 Å². The minimum absolute atomic E-state index is 1.06. The molecular formula is C15H16N2. The lowest BCUT2D eigenvalue weighted by Gasteiger charge is -2.09. The largest absolute Gasteiger partial charge is 0.306 e. The molecule has 1 aliphatic rings. The number of imidazole rings is 1. The molecule has 1 aliphatic carbocycles. The molecule has 2 nitrogen and oxygen atoms in total. The molecule has 0 N–H and O–H groups in total. The molecule has 0 aromatic carbocycles. The van der Waals surface area contributed by atoms with Crippen LogP contribution in [0.25, 0.3) is 11.2 Å². The van der Waals surface area contributed by atoms with E-state index in [4.69, 9.17) is 4.98 Å². The van der Waals surface area contributed by atoms with E-state index in [9.17, 15) is 0 Å². The van der Waals surface area contributed by atoms with Crippen LogP contribution in [0.15, 0.2) is 42.3 Å². The molecule has 2 aromatic rings. The van der Waals surface area contributed by atoms with Crippen molar-refractivity contribution in [2.24, 2.45) is 0 Å². The van der Waals surface area contributed by atoms with Crippen molar-refractivity contribution in [3.63, 3.8) is 0 Å². The number of nitrogens with zero attached hydrogens (tertiary/aromatic N) is 2. The monoisotopic (exact) mass is 224 g/mol. The van der Waals surface area contributed by atoms with Crippen molar-refractivity contribution in [1.82, 2.24) is 9.38 Å². The van der Waals surface area contributed by atoms with Gasteiger partial charge in [0.15, 0.2) is 0 Å². The van der Waals surface area contributed by atoms with Crippen LogP contribution < -0.4 is 0 Å². The van der Waals surface area contributed by atoms with Gasteiger partial charge in [-0.05, 0) is 43.9 Å². The number of fused-ring (bicyclic) bond motifs is 1. The molecule has 0 bridgehead atoms. The Morgan fingerprint density at radius 3 is 2.76 bits per heavy atom. The van der Waals surface area contributed by atoms with Crippen molar-refractivity contribution in [3.05, 3.63) is 53.5 Å². The molecular weight excluding hydrogens is 208 g/mol. The summed E-state index contributed by atoms with van der Waals surface area (Å²) in [5, 5.41) is 0. The van der Waals surface area contributed by atoms with Gasteiger partial charge in [0.2, 0.25) is 0 Å². The average molecular weight is 224 g/mol. The van der Waals surface area contributed by atoms with Crippen LogP contribution >= 0.6 is 0 Å². The predicted octanol–water partition coefficient (Wildman–Crippen LogP) is 3.77. The second-order valence-corrected chi connectivity index (χ2v) is 4.75. The van der Waals surface area contributed by atoms with E-state index in [-0.39, 0.29) is 0 Å². The Hall–Kier alpha value is -1.83. The third-order valence-electron chi connectivity index (χ3n) is 3.36. The fourth-order valence-electron chi connectivity index (χ4n) is 2.26. The van der Waals surface area contributed by atoms with Crippen molar-refractivity contribution >= 4 is 11.2 Å². The summed E-state index contributed by atoms with van der Waals surface area (Å²) in [4.78, 5) is 4.73. The van der Waals surface area contributed by atoms with Crippen molar-refractivity contribution < 1.29 is 0 Å². The third-order valence-corrected chi connectivity index (χ3v) is 3.36. The lowest BCUT2D eigenvalue weighted by Crippen LogP contribution is -1.91. The molecule has 0 radical (unpaired) electrons. The fourth-order valence-corrected chi connectivity index (χ4v) is 2.26. The number of allylic oxidation sites excluding steroid dienone is 4. The quantitative estimate of drug-likeness (QED) is 0.720. The molecule has 2 heteroatoms. The summed E-state index contributed by atoms with van der Waals surface area (Å²) in [6.07, 6.45) is 10.8. The van der Waals surface area contributed by atoms with E-state index < -0.39 is 0 Å². The molecule has 0 atom stereocenters. The molecule has 0 fully saturated rings. The van der Waals surface area contributed by atoms with Crippen LogP contribution in [-0.4, -0.2) is 9.38 Å². The van der Waals surface area contributed by atoms with Crippen LogP contribution in [0, 0.1) is 6.92 Å². The van der Waals surface area contributed by atoms with Crippen LogP contribution in [0.5, 0.6) is 0 Å². The van der Waals surface area contributed by atoms with E-state index in [1.54, 1.807) is 0 Å². The minimum atomic E-state index is 1.06. The van der Waals surface area contributed by atoms with Crippen LogP contribution in [-0.2, 0) is 0 Å². The Kier molecular flexibility index (Phi) is 2.36. The fraction of sp³-hybridized carbons (Fsp3) is 0.267. The van der Waals surface area contributed by atoms with Gasteiger partial charge in [-0.1, -0.05) is 23.8 Å². The number of hydrogen-bond acceptors (Lipinski definition) is 1. The Labute approximate surface area is 101 Å². The SMILES string of the molecule is CC1=CC=C(c2cn3cccc(C)c3n2)CC1. The molecule has 0 saturated heterocycles. The summed E-state index contributed by atoms with van der Waals surface area (Å²) in [6.45, 7) is 4.28. The zero-order valence-corrected chi connectivity index (χ0v) is 10.3. The molecule has 2 heterocycles. The predicted molar refractivity (Wildman–Crippen MR) is 70.9 cm³/mol. The number of pyridine rings is 1. The highest BCUT2D eigenvalue weighted by molar-refractivity contribution is 5.68. The molecule has 86 valence electrons. The van der Waals surface area contributed by atoms with Crippen molar-refractivity contribution in [1.29, 1.82) is 0 Å². The standard InChI is InChI=1S/C15H16N2/c1-11-5-7-13(8-6-11)14-10-17-9-3-4-12(2)15(17)16-14/h3-5,7,9-10H,6,8H2,1-2H3. The summed E-state index contributed by atoms with van der Waals surface area (Å²) in [5.74, 6) is 0. The van der Waals surface area contributed by atoms with Crippen LogP contribution in [0.3, 0.4) is 0 Å². The maximum atomic E-state index is 4.73. The molecule has 0 amide bonds. The summed E-state index contributed by atoms with van der Waals surface area (Å²) >= 11 is 0. The highest BCUT2D eigenvalue weighted by Gasteiger charge is 2.10.